The van der Waals surface area contributed by atoms with Crippen LogP contribution in [0, 0.1) is 5.92 Å². The van der Waals surface area contributed by atoms with Gasteiger partial charge in [-0.1, -0.05) is 33.1 Å². The molecule has 134 valence electrons. The van der Waals surface area contributed by atoms with E-state index in [2.05, 4.69) is 77.6 Å². The Bertz CT molecular complexity index is 631. The number of esters is 1. The summed E-state index contributed by atoms with van der Waals surface area (Å²) in [6, 6.07) is 0. The zero-order chi connectivity index (χ0) is 18.4. The smallest absolute Gasteiger partial charge is 0.340 e. The van der Waals surface area contributed by atoms with Crippen molar-refractivity contribution in [1.29, 1.82) is 0 Å². The maximum absolute atomic E-state index is 12.5. The van der Waals surface area contributed by atoms with Crippen molar-refractivity contribution in [3.05, 3.63) is 29.0 Å². The summed E-state index contributed by atoms with van der Waals surface area (Å²) in [5.74, 6) is -1.58. The lowest BCUT2D eigenvalue weighted by Gasteiger charge is -2.17. The molecule has 0 heterocycles. The molecule has 0 unspecified atom stereocenters. The van der Waals surface area contributed by atoms with Gasteiger partial charge in [-0.2, -0.15) is 0 Å². The SMILES string of the molecule is CCCC[C@H](CC)COC(=O)c1c(Br)c(Br)c(Br)c(Br)c1C(=O)O. The molecule has 1 rings (SSSR count). The Morgan fingerprint density at radius 2 is 1.54 bits per heavy atom. The third-order valence-electron chi connectivity index (χ3n) is 3.68. The Morgan fingerprint density at radius 1 is 1.00 bits per heavy atom. The fourth-order valence-electron chi connectivity index (χ4n) is 2.19. The molecule has 4 nitrogen and oxygen atoms in total. The van der Waals surface area contributed by atoms with E-state index in [1.54, 1.807) is 0 Å². The second-order valence-electron chi connectivity index (χ2n) is 5.33. The van der Waals surface area contributed by atoms with Gasteiger partial charge in [0.1, 0.15) is 0 Å². The van der Waals surface area contributed by atoms with E-state index in [9.17, 15) is 14.7 Å². The average Bonchev–Trinajstić information content (AvgIpc) is 2.55. The number of aromatic carboxylic acids is 1. The number of carbonyl (C=O) groups excluding carboxylic acids is 1. The quantitative estimate of drug-likeness (QED) is 0.204. The number of hydrogen-bond donors (Lipinski definition) is 1. The molecular weight excluding hydrogens is 576 g/mol. The van der Waals surface area contributed by atoms with Gasteiger partial charge < -0.3 is 9.84 Å². The van der Waals surface area contributed by atoms with E-state index in [0.29, 0.717) is 13.4 Å². The fraction of sp³-hybridized carbons (Fsp3) is 0.500. The zero-order valence-corrected chi connectivity index (χ0v) is 19.6. The second kappa shape index (κ2) is 10.3. The molecule has 0 bridgehead atoms. The van der Waals surface area contributed by atoms with Crippen LogP contribution in [0.15, 0.2) is 17.9 Å². The molecule has 1 aromatic carbocycles. The summed E-state index contributed by atoms with van der Waals surface area (Å²) in [6.45, 7) is 4.46. The lowest BCUT2D eigenvalue weighted by atomic mass is 10.0. The van der Waals surface area contributed by atoms with Crippen LogP contribution in [0.25, 0.3) is 0 Å². The van der Waals surface area contributed by atoms with Crippen LogP contribution in [0.2, 0.25) is 0 Å². The van der Waals surface area contributed by atoms with Gasteiger partial charge in [0.15, 0.2) is 0 Å². The highest BCUT2D eigenvalue weighted by Gasteiger charge is 2.29. The van der Waals surface area contributed by atoms with E-state index in [0.717, 1.165) is 25.7 Å². The molecule has 0 saturated heterocycles. The van der Waals surface area contributed by atoms with E-state index >= 15 is 0 Å². The monoisotopic (exact) mass is 590 g/mol. The molecule has 1 aromatic rings. The van der Waals surface area contributed by atoms with E-state index in [4.69, 9.17) is 4.74 Å². The lowest BCUT2D eigenvalue weighted by Crippen LogP contribution is -2.18. The van der Waals surface area contributed by atoms with Gasteiger partial charge in [-0.3, -0.25) is 0 Å². The first-order valence-electron chi connectivity index (χ1n) is 7.52. The van der Waals surface area contributed by atoms with Gasteiger partial charge in [-0.05, 0) is 76.1 Å². The number of carbonyl (C=O) groups is 2. The first-order chi connectivity index (χ1) is 11.3. The Labute approximate surface area is 175 Å². The lowest BCUT2D eigenvalue weighted by molar-refractivity contribution is 0.0419. The highest BCUT2D eigenvalue weighted by atomic mass is 79.9. The van der Waals surface area contributed by atoms with Crippen LogP contribution in [0.3, 0.4) is 0 Å². The summed E-state index contributed by atoms with van der Waals surface area (Å²) in [5.41, 5.74) is -0.140. The van der Waals surface area contributed by atoms with E-state index in [-0.39, 0.29) is 28.1 Å². The highest BCUT2D eigenvalue weighted by molar-refractivity contribution is 9.15. The predicted molar refractivity (Wildman–Crippen MR) is 108 cm³/mol. The molecule has 0 aliphatic heterocycles. The highest BCUT2D eigenvalue weighted by Crippen LogP contribution is 2.42. The van der Waals surface area contributed by atoms with Crippen molar-refractivity contribution in [3.63, 3.8) is 0 Å². The molecular formula is C16H18Br4O4. The van der Waals surface area contributed by atoms with E-state index in [1.165, 1.54) is 0 Å². The van der Waals surface area contributed by atoms with Crippen molar-refractivity contribution in [1.82, 2.24) is 0 Å². The van der Waals surface area contributed by atoms with Crippen LogP contribution in [-0.4, -0.2) is 23.7 Å². The minimum absolute atomic E-state index is 0.00482. The number of carboxylic acids is 1. The minimum atomic E-state index is -1.21. The standard InChI is InChI=1S/C16H18Br4O4/c1-3-5-6-8(4-2)7-24-16(23)10-9(15(21)22)11(17)13(19)14(20)12(10)18/h8H,3-7H2,1-2H3,(H,21,22)/t8-/m0/s1. The van der Waals surface area contributed by atoms with Crippen molar-refractivity contribution in [2.75, 3.05) is 6.61 Å². The normalized spacial score (nSPS) is 12.1. The minimum Gasteiger partial charge on any atom is -0.478 e. The molecule has 0 aliphatic rings. The van der Waals surface area contributed by atoms with Crippen molar-refractivity contribution in [3.8, 4) is 0 Å². The predicted octanol–water partition coefficient (Wildman–Crippen LogP) is 6.81. The molecule has 0 aromatic heterocycles. The maximum Gasteiger partial charge on any atom is 0.340 e. The summed E-state index contributed by atoms with van der Waals surface area (Å²) < 4.78 is 7.10. The molecule has 0 radical (unpaired) electrons. The summed E-state index contributed by atoms with van der Waals surface area (Å²) in [5, 5.41) is 9.48. The number of ether oxygens (including phenoxy) is 1. The second-order valence-corrected chi connectivity index (χ2v) is 8.50. The van der Waals surface area contributed by atoms with Gasteiger partial charge in [-0.15, -0.1) is 0 Å². The largest absolute Gasteiger partial charge is 0.478 e. The van der Waals surface area contributed by atoms with Crippen molar-refractivity contribution >= 4 is 75.7 Å². The Kier molecular flexibility index (Phi) is 9.48. The molecule has 0 fully saturated rings. The van der Waals surface area contributed by atoms with Crippen LogP contribution in [0.1, 0.15) is 60.2 Å². The van der Waals surface area contributed by atoms with Crippen molar-refractivity contribution < 1.29 is 19.4 Å². The van der Waals surface area contributed by atoms with Gasteiger partial charge in [0.2, 0.25) is 0 Å². The zero-order valence-electron chi connectivity index (χ0n) is 13.3. The molecule has 0 spiro atoms. The van der Waals surface area contributed by atoms with Crippen LogP contribution < -0.4 is 0 Å². The Balaban J connectivity index is 3.12. The molecule has 24 heavy (non-hydrogen) atoms. The summed E-state index contributed by atoms with van der Waals surface area (Å²) in [4.78, 5) is 24.1. The first-order valence-corrected chi connectivity index (χ1v) is 10.7. The van der Waals surface area contributed by atoms with Crippen LogP contribution in [0.4, 0.5) is 0 Å². The number of rotatable bonds is 8. The molecule has 8 heteroatoms. The van der Waals surface area contributed by atoms with E-state index < -0.39 is 11.9 Å². The van der Waals surface area contributed by atoms with Crippen molar-refractivity contribution in [2.45, 2.75) is 39.5 Å². The number of benzene rings is 1. The number of unbranched alkanes of at least 4 members (excludes halogenated alkanes) is 1. The van der Waals surface area contributed by atoms with Crippen LogP contribution >= 0.6 is 63.7 Å². The maximum atomic E-state index is 12.5. The van der Waals surface area contributed by atoms with Gasteiger partial charge in [0, 0.05) is 17.9 Å². The Morgan fingerprint density at radius 3 is 2.00 bits per heavy atom. The van der Waals surface area contributed by atoms with E-state index in [1.807, 2.05) is 0 Å². The number of halogens is 4. The topological polar surface area (TPSA) is 63.6 Å². The number of carboxylic acid groups (broad SMARTS) is 1. The van der Waals surface area contributed by atoms with Gasteiger partial charge in [0.05, 0.1) is 17.7 Å². The summed E-state index contributed by atoms with van der Waals surface area (Å²) in [6.07, 6.45) is 4.07. The third kappa shape index (κ3) is 5.29. The molecule has 1 atom stereocenters. The van der Waals surface area contributed by atoms with Gasteiger partial charge >= 0.3 is 11.9 Å². The molecule has 0 amide bonds. The number of hydrogen-bond acceptors (Lipinski definition) is 3. The first kappa shape index (κ1) is 22.1. The summed E-state index contributed by atoms with van der Waals surface area (Å²) >= 11 is 13.1. The van der Waals surface area contributed by atoms with Gasteiger partial charge in [0.25, 0.3) is 0 Å². The molecule has 1 N–H and O–H groups in total. The van der Waals surface area contributed by atoms with Crippen LogP contribution in [-0.2, 0) is 4.74 Å². The summed E-state index contributed by atoms with van der Waals surface area (Å²) in [7, 11) is 0. The molecule has 0 aliphatic carbocycles. The third-order valence-corrected chi connectivity index (χ3v) is 8.45. The van der Waals surface area contributed by atoms with Crippen molar-refractivity contribution in [2.24, 2.45) is 5.92 Å². The molecule has 0 saturated carbocycles. The van der Waals surface area contributed by atoms with Crippen LogP contribution in [0.5, 0.6) is 0 Å². The fourth-order valence-corrected chi connectivity index (χ4v) is 4.64. The Hall–Kier alpha value is 0.0800. The average molecular weight is 594 g/mol. The van der Waals surface area contributed by atoms with Gasteiger partial charge in [-0.25, -0.2) is 9.59 Å².